The van der Waals surface area contributed by atoms with Crippen LogP contribution in [0.15, 0.2) is 35.7 Å². The molecule has 0 radical (unpaired) electrons. The number of carbonyl (C=O) groups is 2. The van der Waals surface area contributed by atoms with Gasteiger partial charge in [-0.2, -0.15) is 5.26 Å². The number of ether oxygens (including phenoxy) is 1. The molecule has 2 aromatic rings. The van der Waals surface area contributed by atoms with Crippen molar-refractivity contribution in [2.24, 2.45) is 0 Å². The molecule has 0 aliphatic heterocycles. The van der Waals surface area contributed by atoms with Crippen molar-refractivity contribution in [2.45, 2.75) is 6.42 Å². The van der Waals surface area contributed by atoms with Crippen molar-refractivity contribution in [1.29, 1.82) is 5.26 Å². The van der Waals surface area contributed by atoms with E-state index in [1.165, 1.54) is 29.5 Å². The molecule has 0 fully saturated rings. The molecule has 1 amide bonds. The first-order valence-corrected chi connectivity index (χ1v) is 7.14. The van der Waals surface area contributed by atoms with Gasteiger partial charge >= 0.3 is 5.97 Å². The largest absolute Gasteiger partial charge is 0.455 e. The molecule has 0 aliphatic carbocycles. The van der Waals surface area contributed by atoms with Gasteiger partial charge in [0, 0.05) is 0 Å². The number of anilines is 1. The lowest BCUT2D eigenvalue weighted by molar-refractivity contribution is -0.146. The van der Waals surface area contributed by atoms with Gasteiger partial charge in [0.1, 0.15) is 16.9 Å². The second-order valence-electron chi connectivity index (χ2n) is 4.29. The zero-order valence-electron chi connectivity index (χ0n) is 11.3. The Hall–Kier alpha value is -2.72. The highest BCUT2D eigenvalue weighted by Gasteiger charge is 2.11. The summed E-state index contributed by atoms with van der Waals surface area (Å²) >= 11 is 1.20. The SMILES string of the molecule is N#Cc1ccsc1NC(=O)COC(=O)Cc1cccc(F)c1. The molecule has 0 atom stereocenters. The van der Waals surface area contributed by atoms with E-state index >= 15 is 0 Å². The third-order valence-electron chi connectivity index (χ3n) is 2.64. The minimum Gasteiger partial charge on any atom is -0.455 e. The average Bonchev–Trinajstić information content (AvgIpc) is 2.92. The molecule has 1 heterocycles. The second-order valence-corrected chi connectivity index (χ2v) is 5.21. The van der Waals surface area contributed by atoms with Gasteiger partial charge in [0.25, 0.3) is 5.91 Å². The van der Waals surface area contributed by atoms with E-state index in [4.69, 9.17) is 10.00 Å². The maximum absolute atomic E-state index is 13.0. The number of nitriles is 1. The molecule has 22 heavy (non-hydrogen) atoms. The maximum atomic E-state index is 13.0. The van der Waals surface area contributed by atoms with Crippen LogP contribution in [0.5, 0.6) is 0 Å². The number of halogens is 1. The molecule has 0 unspecified atom stereocenters. The van der Waals surface area contributed by atoms with Crippen LogP contribution in [0.3, 0.4) is 0 Å². The van der Waals surface area contributed by atoms with Crippen LogP contribution in [0, 0.1) is 17.1 Å². The average molecular weight is 318 g/mol. The quantitative estimate of drug-likeness (QED) is 0.859. The number of hydrogen-bond donors (Lipinski definition) is 1. The summed E-state index contributed by atoms with van der Waals surface area (Å²) in [7, 11) is 0. The van der Waals surface area contributed by atoms with Crippen molar-refractivity contribution in [2.75, 3.05) is 11.9 Å². The third-order valence-corrected chi connectivity index (χ3v) is 3.47. The Kier molecular flexibility index (Phi) is 5.22. The van der Waals surface area contributed by atoms with Gasteiger partial charge in [-0.1, -0.05) is 12.1 Å². The number of thiophene rings is 1. The fourth-order valence-electron chi connectivity index (χ4n) is 1.67. The molecule has 1 N–H and O–H groups in total. The van der Waals surface area contributed by atoms with E-state index in [1.54, 1.807) is 17.5 Å². The zero-order chi connectivity index (χ0) is 15.9. The first-order chi connectivity index (χ1) is 10.6. The van der Waals surface area contributed by atoms with E-state index in [9.17, 15) is 14.0 Å². The van der Waals surface area contributed by atoms with Gasteiger partial charge in [-0.25, -0.2) is 4.39 Å². The molecular weight excluding hydrogens is 307 g/mol. The number of amides is 1. The minimum absolute atomic E-state index is 0.118. The van der Waals surface area contributed by atoms with Crippen LogP contribution in [0.25, 0.3) is 0 Å². The molecule has 7 heteroatoms. The van der Waals surface area contributed by atoms with E-state index in [1.807, 2.05) is 6.07 Å². The van der Waals surface area contributed by atoms with Crippen LogP contribution >= 0.6 is 11.3 Å². The van der Waals surface area contributed by atoms with E-state index in [0.717, 1.165) is 0 Å². The van der Waals surface area contributed by atoms with Gasteiger partial charge in [-0.15, -0.1) is 11.3 Å². The summed E-state index contributed by atoms with van der Waals surface area (Å²) in [5, 5.41) is 13.4. The van der Waals surface area contributed by atoms with Crippen LogP contribution in [-0.2, 0) is 20.7 Å². The van der Waals surface area contributed by atoms with Crippen molar-refractivity contribution < 1.29 is 18.7 Å². The van der Waals surface area contributed by atoms with Crippen molar-refractivity contribution in [3.8, 4) is 6.07 Å². The summed E-state index contributed by atoms with van der Waals surface area (Å²) in [6, 6.07) is 9.10. The topological polar surface area (TPSA) is 79.2 Å². The van der Waals surface area contributed by atoms with E-state index in [0.29, 0.717) is 16.1 Å². The highest BCUT2D eigenvalue weighted by molar-refractivity contribution is 7.14. The number of nitrogens with one attached hydrogen (secondary N) is 1. The van der Waals surface area contributed by atoms with Gasteiger partial charge in [-0.3, -0.25) is 9.59 Å². The number of hydrogen-bond acceptors (Lipinski definition) is 5. The number of esters is 1. The Balaban J connectivity index is 1.81. The van der Waals surface area contributed by atoms with E-state index in [2.05, 4.69) is 5.32 Å². The fraction of sp³-hybridized carbons (Fsp3) is 0.133. The standard InChI is InChI=1S/C15H11FN2O3S/c16-12-3-1-2-10(6-12)7-14(20)21-9-13(19)18-15-11(8-17)4-5-22-15/h1-6H,7,9H2,(H,18,19). The lowest BCUT2D eigenvalue weighted by Gasteiger charge is -2.05. The Morgan fingerprint density at radius 2 is 2.18 bits per heavy atom. The Morgan fingerprint density at radius 3 is 2.91 bits per heavy atom. The Labute approximate surface area is 129 Å². The molecule has 0 saturated carbocycles. The highest BCUT2D eigenvalue weighted by Crippen LogP contribution is 2.21. The summed E-state index contributed by atoms with van der Waals surface area (Å²) in [4.78, 5) is 23.2. The van der Waals surface area contributed by atoms with Gasteiger partial charge in [0.15, 0.2) is 6.61 Å². The second kappa shape index (κ2) is 7.33. The van der Waals surface area contributed by atoms with E-state index in [-0.39, 0.29) is 6.42 Å². The molecule has 0 aliphatic rings. The molecule has 2 rings (SSSR count). The molecule has 1 aromatic heterocycles. The molecule has 112 valence electrons. The molecule has 0 saturated heterocycles. The number of carbonyl (C=O) groups excluding carboxylic acids is 2. The minimum atomic E-state index is -0.632. The zero-order valence-corrected chi connectivity index (χ0v) is 12.2. The van der Waals surface area contributed by atoms with Crippen molar-refractivity contribution in [3.63, 3.8) is 0 Å². The monoisotopic (exact) mass is 318 g/mol. The molecule has 0 spiro atoms. The van der Waals surface area contributed by atoms with E-state index < -0.39 is 24.3 Å². The van der Waals surface area contributed by atoms with Crippen molar-refractivity contribution in [1.82, 2.24) is 0 Å². The molecule has 0 bridgehead atoms. The number of benzene rings is 1. The van der Waals surface area contributed by atoms with Crippen LogP contribution in [-0.4, -0.2) is 18.5 Å². The first kappa shape index (κ1) is 15.7. The summed E-state index contributed by atoms with van der Waals surface area (Å²) in [5.41, 5.74) is 0.819. The van der Waals surface area contributed by atoms with Crippen LogP contribution in [0.1, 0.15) is 11.1 Å². The van der Waals surface area contributed by atoms with Crippen LogP contribution in [0.4, 0.5) is 9.39 Å². The molecule has 5 nitrogen and oxygen atoms in total. The van der Waals surface area contributed by atoms with Gasteiger partial charge in [-0.05, 0) is 29.1 Å². The first-order valence-electron chi connectivity index (χ1n) is 6.26. The lowest BCUT2D eigenvalue weighted by Crippen LogP contribution is -2.21. The van der Waals surface area contributed by atoms with Crippen LogP contribution in [0.2, 0.25) is 0 Å². The number of nitrogens with zero attached hydrogens (tertiary/aromatic N) is 1. The third kappa shape index (κ3) is 4.40. The molecule has 1 aromatic carbocycles. The normalized spacial score (nSPS) is 9.82. The molecular formula is C15H11FN2O3S. The maximum Gasteiger partial charge on any atom is 0.310 e. The van der Waals surface area contributed by atoms with Crippen LogP contribution < -0.4 is 5.32 Å². The van der Waals surface area contributed by atoms with Crippen molar-refractivity contribution in [3.05, 3.63) is 52.7 Å². The van der Waals surface area contributed by atoms with Crippen molar-refractivity contribution >= 4 is 28.2 Å². The van der Waals surface area contributed by atoms with Gasteiger partial charge in [0.05, 0.1) is 12.0 Å². The van der Waals surface area contributed by atoms with Gasteiger partial charge < -0.3 is 10.1 Å². The van der Waals surface area contributed by atoms with Gasteiger partial charge in [0.2, 0.25) is 0 Å². The summed E-state index contributed by atoms with van der Waals surface area (Å²) < 4.78 is 17.8. The fourth-order valence-corrected chi connectivity index (χ4v) is 2.42. The smallest absolute Gasteiger partial charge is 0.310 e. The summed E-state index contributed by atoms with van der Waals surface area (Å²) in [6.45, 7) is -0.461. The summed E-state index contributed by atoms with van der Waals surface area (Å²) in [6.07, 6.45) is -0.118. The predicted octanol–water partition coefficient (Wildman–Crippen LogP) is 2.48. The Bertz CT molecular complexity index is 736. The highest BCUT2D eigenvalue weighted by atomic mass is 32.1. The number of rotatable bonds is 5. The summed E-state index contributed by atoms with van der Waals surface area (Å²) in [5.74, 6) is -1.61. The predicted molar refractivity (Wildman–Crippen MR) is 78.7 cm³/mol. The lowest BCUT2D eigenvalue weighted by atomic mass is 10.1. The Morgan fingerprint density at radius 1 is 1.36 bits per heavy atom.